The fourth-order valence-electron chi connectivity index (χ4n) is 2.48. The third-order valence-electron chi connectivity index (χ3n) is 3.77. The molecule has 0 aromatic heterocycles. The Labute approximate surface area is 128 Å². The number of hydrogen-bond donors (Lipinski definition) is 0. The van der Waals surface area contributed by atoms with Gasteiger partial charge < -0.3 is 0 Å². The average molecular weight is 306 g/mol. The summed E-state index contributed by atoms with van der Waals surface area (Å²) in [6, 6.07) is 7.99. The first kappa shape index (κ1) is 16.1. The Morgan fingerprint density at radius 1 is 1.00 bits per heavy atom. The molecule has 0 spiro atoms. The van der Waals surface area contributed by atoms with E-state index >= 15 is 0 Å². The molecule has 22 heavy (non-hydrogen) atoms. The van der Waals surface area contributed by atoms with Crippen LogP contribution in [0.5, 0.6) is 0 Å². The molecular formula is C16H19FN2O3. The highest BCUT2D eigenvalue weighted by Gasteiger charge is 2.46. The van der Waals surface area contributed by atoms with Gasteiger partial charge in [0.25, 0.3) is 0 Å². The van der Waals surface area contributed by atoms with Crippen LogP contribution in [0.4, 0.5) is 9.18 Å². The Kier molecular flexibility index (Phi) is 5.25. The van der Waals surface area contributed by atoms with E-state index in [1.807, 2.05) is 18.2 Å². The van der Waals surface area contributed by atoms with Crippen LogP contribution in [0, 0.1) is 0 Å². The first-order valence-electron chi connectivity index (χ1n) is 7.38. The van der Waals surface area contributed by atoms with Crippen molar-refractivity contribution in [2.45, 2.75) is 32.2 Å². The second-order valence-electron chi connectivity index (χ2n) is 5.25. The zero-order valence-corrected chi connectivity index (χ0v) is 12.5. The molecule has 0 unspecified atom stereocenters. The number of carbonyl (C=O) groups excluding carboxylic acids is 3. The second kappa shape index (κ2) is 7.15. The summed E-state index contributed by atoms with van der Waals surface area (Å²) < 4.78 is 12.1. The molecule has 1 heterocycles. The molecule has 6 heteroatoms. The second-order valence-corrected chi connectivity index (χ2v) is 5.25. The van der Waals surface area contributed by atoms with Crippen LogP contribution in [0.2, 0.25) is 0 Å². The standard InChI is InChI=1S/C16H19FN2O3/c1-12(13-8-4-2-5-9-13)19-15(21)14(20)18(16(19)22)11-7-3-6-10-17/h2,4-5,8-9,12H,3,6-7,10-11H2,1H3/t12-/m0/s1. The molecule has 1 saturated heterocycles. The van der Waals surface area contributed by atoms with Crippen LogP contribution in [-0.4, -0.2) is 40.9 Å². The van der Waals surface area contributed by atoms with Crippen LogP contribution in [0.15, 0.2) is 30.3 Å². The molecule has 0 saturated carbocycles. The van der Waals surface area contributed by atoms with Gasteiger partial charge >= 0.3 is 17.8 Å². The van der Waals surface area contributed by atoms with Gasteiger partial charge in [0, 0.05) is 6.54 Å². The van der Waals surface area contributed by atoms with Gasteiger partial charge in [0.05, 0.1) is 12.7 Å². The maximum Gasteiger partial charge on any atom is 0.334 e. The lowest BCUT2D eigenvalue weighted by molar-refractivity contribution is -0.144. The zero-order valence-electron chi connectivity index (χ0n) is 12.5. The van der Waals surface area contributed by atoms with Crippen molar-refractivity contribution in [3.8, 4) is 0 Å². The molecule has 118 valence electrons. The first-order chi connectivity index (χ1) is 10.6. The van der Waals surface area contributed by atoms with E-state index in [0.29, 0.717) is 19.3 Å². The van der Waals surface area contributed by atoms with Gasteiger partial charge in [-0.15, -0.1) is 0 Å². The van der Waals surface area contributed by atoms with Crippen molar-refractivity contribution >= 4 is 17.8 Å². The smallest absolute Gasteiger partial charge is 0.263 e. The summed E-state index contributed by atoms with van der Waals surface area (Å²) in [6.07, 6.45) is 1.48. The number of benzene rings is 1. The van der Waals surface area contributed by atoms with Crippen molar-refractivity contribution in [2.24, 2.45) is 0 Å². The van der Waals surface area contributed by atoms with Crippen LogP contribution in [0.3, 0.4) is 0 Å². The molecule has 0 N–H and O–H groups in total. The van der Waals surface area contributed by atoms with E-state index in [0.717, 1.165) is 15.4 Å². The molecule has 0 radical (unpaired) electrons. The molecule has 1 aliphatic rings. The maximum atomic E-state index is 12.3. The quantitative estimate of drug-likeness (QED) is 0.442. The fourth-order valence-corrected chi connectivity index (χ4v) is 2.48. The number of nitrogens with zero attached hydrogens (tertiary/aromatic N) is 2. The van der Waals surface area contributed by atoms with Crippen LogP contribution >= 0.6 is 0 Å². The van der Waals surface area contributed by atoms with Gasteiger partial charge in [-0.3, -0.25) is 18.9 Å². The van der Waals surface area contributed by atoms with Crippen LogP contribution in [0.1, 0.15) is 37.8 Å². The Morgan fingerprint density at radius 2 is 1.68 bits per heavy atom. The minimum Gasteiger partial charge on any atom is -0.263 e. The summed E-state index contributed by atoms with van der Waals surface area (Å²) in [5.74, 6) is -1.60. The number of rotatable bonds is 7. The Morgan fingerprint density at radius 3 is 2.32 bits per heavy atom. The van der Waals surface area contributed by atoms with E-state index in [1.165, 1.54) is 0 Å². The molecule has 2 rings (SSSR count). The van der Waals surface area contributed by atoms with Gasteiger partial charge in [-0.05, 0) is 31.7 Å². The predicted molar refractivity (Wildman–Crippen MR) is 78.6 cm³/mol. The van der Waals surface area contributed by atoms with Crippen molar-refractivity contribution in [3.63, 3.8) is 0 Å². The molecule has 1 aromatic rings. The summed E-state index contributed by atoms with van der Waals surface area (Å²) in [6.45, 7) is 1.45. The molecule has 1 atom stereocenters. The van der Waals surface area contributed by atoms with Crippen LogP contribution < -0.4 is 0 Å². The number of amides is 4. The van der Waals surface area contributed by atoms with Crippen LogP contribution in [-0.2, 0) is 9.59 Å². The molecule has 1 fully saturated rings. The van der Waals surface area contributed by atoms with Crippen molar-refractivity contribution in [3.05, 3.63) is 35.9 Å². The summed E-state index contributed by atoms with van der Waals surface area (Å²) in [7, 11) is 0. The minimum absolute atomic E-state index is 0.154. The lowest BCUT2D eigenvalue weighted by atomic mass is 10.1. The molecule has 1 aliphatic heterocycles. The first-order valence-corrected chi connectivity index (χ1v) is 7.38. The van der Waals surface area contributed by atoms with Gasteiger partial charge in [-0.1, -0.05) is 30.3 Å². The highest BCUT2D eigenvalue weighted by Crippen LogP contribution is 2.26. The van der Waals surface area contributed by atoms with Crippen LogP contribution in [0.25, 0.3) is 0 Å². The Balaban J connectivity index is 2.08. The molecule has 0 aliphatic carbocycles. The van der Waals surface area contributed by atoms with Crippen molar-refractivity contribution in [2.75, 3.05) is 13.2 Å². The number of carbonyl (C=O) groups is 3. The molecule has 1 aromatic carbocycles. The summed E-state index contributed by atoms with van der Waals surface area (Å²) in [4.78, 5) is 38.3. The zero-order chi connectivity index (χ0) is 16.1. The fraction of sp³-hybridized carbons (Fsp3) is 0.438. The summed E-state index contributed by atoms with van der Waals surface area (Å²) in [5.41, 5.74) is 0.788. The van der Waals surface area contributed by atoms with Gasteiger partial charge in [-0.2, -0.15) is 0 Å². The normalized spacial score (nSPS) is 16.5. The topological polar surface area (TPSA) is 57.7 Å². The van der Waals surface area contributed by atoms with Gasteiger partial charge in [0.2, 0.25) is 0 Å². The van der Waals surface area contributed by atoms with E-state index < -0.39 is 30.6 Å². The highest BCUT2D eigenvalue weighted by molar-refractivity contribution is 6.44. The maximum absolute atomic E-state index is 12.3. The van der Waals surface area contributed by atoms with E-state index in [9.17, 15) is 18.8 Å². The van der Waals surface area contributed by atoms with Gasteiger partial charge in [0.1, 0.15) is 0 Å². The lowest BCUT2D eigenvalue weighted by Gasteiger charge is -2.22. The van der Waals surface area contributed by atoms with E-state index in [1.54, 1.807) is 19.1 Å². The molecule has 5 nitrogen and oxygen atoms in total. The largest absolute Gasteiger partial charge is 0.334 e. The minimum atomic E-state index is -0.799. The molecule has 4 amide bonds. The predicted octanol–water partition coefficient (Wildman–Crippen LogP) is 2.68. The third kappa shape index (κ3) is 3.16. The SMILES string of the molecule is C[C@@H](c1ccccc1)N1C(=O)C(=O)N(CCCCCF)C1=O. The monoisotopic (exact) mass is 306 g/mol. The van der Waals surface area contributed by atoms with E-state index in [4.69, 9.17) is 0 Å². The van der Waals surface area contributed by atoms with Crippen molar-refractivity contribution < 1.29 is 18.8 Å². The Bertz CT molecular complexity index is 562. The van der Waals surface area contributed by atoms with Crippen molar-refractivity contribution in [1.29, 1.82) is 0 Å². The van der Waals surface area contributed by atoms with Gasteiger partial charge in [0.15, 0.2) is 0 Å². The number of alkyl halides is 1. The molecular weight excluding hydrogens is 287 g/mol. The van der Waals surface area contributed by atoms with E-state index in [-0.39, 0.29) is 6.54 Å². The highest BCUT2D eigenvalue weighted by atomic mass is 19.1. The average Bonchev–Trinajstić information content (AvgIpc) is 2.75. The van der Waals surface area contributed by atoms with Crippen molar-refractivity contribution in [1.82, 2.24) is 9.80 Å². The van der Waals surface area contributed by atoms with Gasteiger partial charge in [-0.25, -0.2) is 9.69 Å². The summed E-state index contributed by atoms with van der Waals surface area (Å²) >= 11 is 0. The number of unbranched alkanes of at least 4 members (excludes halogenated alkanes) is 2. The number of urea groups is 1. The lowest BCUT2D eigenvalue weighted by Crippen LogP contribution is -2.35. The number of halogens is 1. The number of imide groups is 2. The number of hydrogen-bond acceptors (Lipinski definition) is 3. The summed E-state index contributed by atoms with van der Waals surface area (Å²) in [5, 5.41) is 0. The third-order valence-corrected chi connectivity index (χ3v) is 3.77. The van der Waals surface area contributed by atoms with E-state index in [2.05, 4.69) is 0 Å². The molecule has 0 bridgehead atoms. The Hall–Kier alpha value is -2.24.